The Kier molecular flexibility index (Phi) is 9.19. The molecule has 4 aromatic carbocycles. The van der Waals surface area contributed by atoms with Crippen LogP contribution in [0, 0.1) is 0 Å². The predicted molar refractivity (Wildman–Crippen MR) is 176 cm³/mol. The minimum atomic E-state index is -1.81. The molecule has 10 atom stereocenters. The number of fused-ring (bicyclic) bond motifs is 2. The molecule has 13 N–H and O–H groups in total. The summed E-state index contributed by atoms with van der Waals surface area (Å²) in [6, 6.07) is 10.5. The second-order valence-electron chi connectivity index (χ2n) is 13.1. The molecule has 4 aromatic rings. The van der Waals surface area contributed by atoms with Crippen LogP contribution in [0.4, 0.5) is 0 Å². The predicted octanol–water partition coefficient (Wildman–Crippen LogP) is 0.468. The van der Waals surface area contributed by atoms with Crippen molar-refractivity contribution in [2.75, 3.05) is 6.61 Å². The Labute approximate surface area is 299 Å². The lowest BCUT2D eigenvalue weighted by Crippen LogP contribution is -2.60. The molecule has 17 nitrogen and oxygen atoms in total. The van der Waals surface area contributed by atoms with Crippen LogP contribution in [-0.2, 0) is 11.2 Å². The van der Waals surface area contributed by atoms with Crippen LogP contribution in [0.15, 0.2) is 54.6 Å². The molecule has 282 valence electrons. The first kappa shape index (κ1) is 36.0. The topological polar surface area (TPSA) is 300 Å². The van der Waals surface area contributed by atoms with Crippen molar-refractivity contribution in [1.29, 1.82) is 0 Å². The van der Waals surface area contributed by atoms with Gasteiger partial charge in [-0.2, -0.15) is 0 Å². The van der Waals surface area contributed by atoms with Gasteiger partial charge in [-0.1, -0.05) is 12.1 Å². The third-order valence-corrected chi connectivity index (χ3v) is 9.76. The first-order chi connectivity index (χ1) is 25.2. The maximum Gasteiger partial charge on any atom is 0.229 e. The minimum Gasteiger partial charge on any atom is -0.507 e. The molecule has 1 saturated heterocycles. The van der Waals surface area contributed by atoms with E-state index in [-0.39, 0.29) is 51.5 Å². The second-order valence-corrected chi connectivity index (χ2v) is 13.1. The van der Waals surface area contributed by atoms with Gasteiger partial charge in [0.1, 0.15) is 71.1 Å². The lowest BCUT2D eigenvalue weighted by Gasteiger charge is -2.41. The van der Waals surface area contributed by atoms with Crippen LogP contribution in [0.3, 0.4) is 0 Å². The van der Waals surface area contributed by atoms with Gasteiger partial charge in [-0.05, 0) is 35.4 Å². The van der Waals surface area contributed by atoms with Crippen LogP contribution in [-0.4, -0.2) is 116 Å². The van der Waals surface area contributed by atoms with Crippen molar-refractivity contribution in [3.63, 3.8) is 0 Å². The molecule has 0 saturated carbocycles. The quantitative estimate of drug-likeness (QED) is 0.120. The highest BCUT2D eigenvalue weighted by Gasteiger charge is 2.48. The van der Waals surface area contributed by atoms with Crippen LogP contribution in [0.25, 0.3) is 0 Å². The van der Waals surface area contributed by atoms with Crippen LogP contribution >= 0.6 is 0 Å². The summed E-state index contributed by atoms with van der Waals surface area (Å²) in [6.45, 7) is -0.738. The summed E-state index contributed by atoms with van der Waals surface area (Å²) in [5, 5.41) is 138. The maximum atomic E-state index is 12.1. The average Bonchev–Trinajstić information content (AvgIpc) is 3.11. The third kappa shape index (κ3) is 6.17. The molecule has 17 heteroatoms. The number of ether oxygens (including phenoxy) is 4. The van der Waals surface area contributed by atoms with Crippen molar-refractivity contribution in [1.82, 2.24) is 0 Å². The Morgan fingerprint density at radius 1 is 0.585 bits per heavy atom. The highest BCUT2D eigenvalue weighted by Crippen LogP contribution is 2.57. The summed E-state index contributed by atoms with van der Waals surface area (Å²) in [7, 11) is 0. The smallest absolute Gasteiger partial charge is 0.229 e. The van der Waals surface area contributed by atoms with Gasteiger partial charge in [0, 0.05) is 41.3 Å². The molecule has 7 rings (SSSR count). The van der Waals surface area contributed by atoms with E-state index >= 15 is 0 Å². The molecule has 0 aromatic heterocycles. The molecule has 3 aliphatic heterocycles. The average molecular weight is 741 g/mol. The molecule has 0 radical (unpaired) electrons. The van der Waals surface area contributed by atoms with Gasteiger partial charge in [0.05, 0.1) is 18.6 Å². The van der Waals surface area contributed by atoms with Crippen molar-refractivity contribution >= 4 is 0 Å². The number of benzene rings is 4. The van der Waals surface area contributed by atoms with Gasteiger partial charge < -0.3 is 85.3 Å². The number of hydrogen-bond donors (Lipinski definition) is 13. The molecule has 0 spiro atoms. The number of phenols is 7. The Morgan fingerprint density at radius 2 is 1.21 bits per heavy atom. The first-order valence-corrected chi connectivity index (χ1v) is 16.3. The van der Waals surface area contributed by atoms with E-state index < -0.39 is 108 Å². The molecule has 3 aliphatic rings. The first-order valence-electron chi connectivity index (χ1n) is 16.3. The monoisotopic (exact) mass is 740 g/mol. The van der Waals surface area contributed by atoms with Crippen LogP contribution in [0.1, 0.15) is 45.9 Å². The Hall–Kier alpha value is -5.40. The SMILES string of the molecule is OC[C@H]1O[C@@H](Oc2cc(O)c3c(c2)O[C@H](c2ccc(O)c(O)c2)[C@@H](O)[C@@H]3c2c(O)cc(O)c3c2O[C@@H](c2ccc(O)c(O)c2)[C@@H](O)C3)[C@H](O)[C@@H](O)[C@H]1O. The fourth-order valence-electron chi connectivity index (χ4n) is 7.07. The third-order valence-electron chi connectivity index (χ3n) is 9.76. The van der Waals surface area contributed by atoms with E-state index in [2.05, 4.69) is 0 Å². The standard InChI is InChI=1S/C36H36O17/c37-11-25-29(46)31(48)32(49)36(52-25)50-14-7-21(43)26-24(8-14)51-34(13-2-4-17(39)20(42)6-13)30(47)28(26)27-22(44)10-18(40)15-9-23(45)33(53-35(15)27)12-1-3-16(38)19(41)5-12/h1-8,10,23,25,28-34,36-49H,9,11H2/t23-,25+,28-,29-,30-,31-,32+,33-,34+,36+/m0/s1. The van der Waals surface area contributed by atoms with Crippen molar-refractivity contribution in [2.24, 2.45) is 0 Å². The maximum absolute atomic E-state index is 12.1. The van der Waals surface area contributed by atoms with Gasteiger partial charge in [0.25, 0.3) is 0 Å². The van der Waals surface area contributed by atoms with E-state index in [9.17, 15) is 66.4 Å². The number of aliphatic hydroxyl groups is 6. The normalized spacial score (nSPS) is 29.3. The lowest BCUT2D eigenvalue weighted by atomic mass is 9.77. The zero-order valence-corrected chi connectivity index (χ0v) is 27.3. The lowest BCUT2D eigenvalue weighted by molar-refractivity contribution is -0.277. The van der Waals surface area contributed by atoms with E-state index in [0.717, 1.165) is 30.3 Å². The molecule has 0 bridgehead atoms. The summed E-state index contributed by atoms with van der Waals surface area (Å²) in [5.74, 6) is -5.76. The van der Waals surface area contributed by atoms with E-state index in [0.29, 0.717) is 0 Å². The van der Waals surface area contributed by atoms with Gasteiger partial charge in [-0.25, -0.2) is 0 Å². The van der Waals surface area contributed by atoms with Gasteiger partial charge in [0.2, 0.25) is 6.29 Å². The number of aliphatic hydroxyl groups excluding tert-OH is 6. The van der Waals surface area contributed by atoms with E-state index in [1.807, 2.05) is 0 Å². The zero-order valence-electron chi connectivity index (χ0n) is 27.3. The fraction of sp³-hybridized carbons (Fsp3) is 0.333. The van der Waals surface area contributed by atoms with Crippen molar-refractivity contribution in [2.45, 2.75) is 67.5 Å². The van der Waals surface area contributed by atoms with E-state index in [1.54, 1.807) is 0 Å². The van der Waals surface area contributed by atoms with Gasteiger partial charge in [0.15, 0.2) is 29.1 Å². The summed E-state index contributed by atoms with van der Waals surface area (Å²) in [4.78, 5) is 0. The molecule has 0 unspecified atom stereocenters. The molecular weight excluding hydrogens is 704 g/mol. The summed E-state index contributed by atoms with van der Waals surface area (Å²) < 4.78 is 23.5. The highest BCUT2D eigenvalue weighted by molar-refractivity contribution is 5.66. The summed E-state index contributed by atoms with van der Waals surface area (Å²) in [6.07, 6.45) is -14.2. The summed E-state index contributed by atoms with van der Waals surface area (Å²) in [5.41, 5.74) is 0.0144. The van der Waals surface area contributed by atoms with Crippen molar-refractivity contribution in [3.8, 4) is 57.5 Å². The van der Waals surface area contributed by atoms with E-state index in [4.69, 9.17) is 18.9 Å². The number of rotatable bonds is 6. The Bertz CT molecular complexity index is 2030. The van der Waals surface area contributed by atoms with Gasteiger partial charge >= 0.3 is 0 Å². The minimum absolute atomic E-state index is 0.0191. The van der Waals surface area contributed by atoms with Gasteiger partial charge in [-0.3, -0.25) is 0 Å². The number of phenolic OH excluding ortho intramolecular Hbond substituents is 7. The van der Waals surface area contributed by atoms with Crippen molar-refractivity contribution < 1.29 is 85.3 Å². The van der Waals surface area contributed by atoms with Gasteiger partial charge in [-0.15, -0.1) is 0 Å². The van der Waals surface area contributed by atoms with E-state index in [1.165, 1.54) is 24.3 Å². The van der Waals surface area contributed by atoms with Crippen molar-refractivity contribution in [3.05, 3.63) is 82.4 Å². The van der Waals surface area contributed by atoms with Crippen LogP contribution in [0.5, 0.6) is 57.5 Å². The fourth-order valence-corrected chi connectivity index (χ4v) is 7.07. The Balaban J connectivity index is 1.37. The Morgan fingerprint density at radius 3 is 1.83 bits per heavy atom. The zero-order chi connectivity index (χ0) is 38.0. The number of aromatic hydroxyl groups is 7. The molecular formula is C36H36O17. The highest BCUT2D eigenvalue weighted by atomic mass is 16.7. The molecule has 0 aliphatic carbocycles. The molecule has 0 amide bonds. The van der Waals surface area contributed by atoms with Crippen LogP contribution in [0.2, 0.25) is 0 Å². The second kappa shape index (κ2) is 13.5. The largest absolute Gasteiger partial charge is 0.507 e. The van der Waals surface area contributed by atoms with Crippen LogP contribution < -0.4 is 14.2 Å². The molecule has 1 fully saturated rings. The summed E-state index contributed by atoms with van der Waals surface area (Å²) >= 11 is 0. The number of hydrogen-bond acceptors (Lipinski definition) is 17. The molecule has 3 heterocycles. The molecule has 53 heavy (non-hydrogen) atoms.